The van der Waals surface area contributed by atoms with Gasteiger partial charge in [-0.15, -0.1) is 0 Å². The molecule has 0 saturated heterocycles. The minimum Gasteiger partial charge on any atom is -0.330 e. The van der Waals surface area contributed by atoms with Gasteiger partial charge >= 0.3 is 0 Å². The van der Waals surface area contributed by atoms with E-state index < -0.39 is 0 Å². The summed E-state index contributed by atoms with van der Waals surface area (Å²) in [6.07, 6.45) is 0.826. The number of nitrogens with one attached hydrogen (secondary N) is 1. The van der Waals surface area contributed by atoms with E-state index in [4.69, 9.17) is 28.9 Å². The van der Waals surface area contributed by atoms with Crippen molar-refractivity contribution in [3.63, 3.8) is 0 Å². The molecule has 3 N–H and O–H groups in total. The van der Waals surface area contributed by atoms with Crippen molar-refractivity contribution < 1.29 is 4.79 Å². The Morgan fingerprint density at radius 3 is 2.33 bits per heavy atom. The van der Waals surface area contributed by atoms with Crippen LogP contribution in [0.5, 0.6) is 0 Å². The van der Waals surface area contributed by atoms with E-state index in [2.05, 4.69) is 10.2 Å². The van der Waals surface area contributed by atoms with Crippen LogP contribution in [0.4, 0.5) is 5.69 Å². The second-order valence-corrected chi connectivity index (χ2v) is 6.30. The van der Waals surface area contributed by atoms with Crippen LogP contribution in [-0.2, 0) is 11.3 Å². The average Bonchev–Trinajstić information content (AvgIpc) is 2.57. The number of carbonyl (C=O) groups excluding carboxylic acids is 1. The van der Waals surface area contributed by atoms with E-state index in [0.29, 0.717) is 28.8 Å². The first kappa shape index (κ1) is 18.7. The zero-order chi connectivity index (χ0) is 17.4. The number of hydrogen-bond donors (Lipinski definition) is 2. The monoisotopic (exact) mass is 365 g/mol. The molecule has 2 aromatic carbocycles. The maximum Gasteiger partial charge on any atom is 0.238 e. The van der Waals surface area contributed by atoms with Crippen molar-refractivity contribution in [3.05, 3.63) is 64.1 Å². The van der Waals surface area contributed by atoms with E-state index in [1.807, 2.05) is 30.3 Å². The van der Waals surface area contributed by atoms with Gasteiger partial charge in [-0.3, -0.25) is 9.69 Å². The second-order valence-electron chi connectivity index (χ2n) is 5.48. The number of rotatable bonds is 8. The van der Waals surface area contributed by atoms with Gasteiger partial charge in [0.2, 0.25) is 5.91 Å². The normalized spacial score (nSPS) is 10.8. The fraction of sp³-hybridized carbons (Fsp3) is 0.278. The molecular weight excluding hydrogens is 345 g/mol. The summed E-state index contributed by atoms with van der Waals surface area (Å²) in [4.78, 5) is 14.4. The SMILES string of the molecule is NCCCN(CC(=O)Nc1c(Cl)cccc1Cl)Cc1ccccc1. The number of carbonyl (C=O) groups is 1. The Morgan fingerprint density at radius 2 is 1.71 bits per heavy atom. The maximum atomic E-state index is 12.4. The van der Waals surface area contributed by atoms with E-state index in [9.17, 15) is 4.79 Å². The summed E-state index contributed by atoms with van der Waals surface area (Å²) in [5.41, 5.74) is 7.20. The van der Waals surface area contributed by atoms with Crippen molar-refractivity contribution in [3.8, 4) is 0 Å². The highest BCUT2D eigenvalue weighted by Crippen LogP contribution is 2.29. The number of nitrogens with zero attached hydrogens (tertiary/aromatic N) is 1. The van der Waals surface area contributed by atoms with E-state index >= 15 is 0 Å². The molecule has 1 amide bonds. The summed E-state index contributed by atoms with van der Waals surface area (Å²) in [6, 6.07) is 15.2. The molecule has 0 unspecified atom stereocenters. The van der Waals surface area contributed by atoms with Gasteiger partial charge in [-0.05, 0) is 30.7 Å². The van der Waals surface area contributed by atoms with Crippen molar-refractivity contribution in [2.24, 2.45) is 5.73 Å². The summed E-state index contributed by atoms with van der Waals surface area (Å²) in [7, 11) is 0. The summed E-state index contributed by atoms with van der Waals surface area (Å²) in [5.74, 6) is -0.155. The Labute approximate surface area is 152 Å². The molecule has 0 aliphatic heterocycles. The molecule has 0 spiro atoms. The lowest BCUT2D eigenvalue weighted by Gasteiger charge is -2.22. The zero-order valence-corrected chi connectivity index (χ0v) is 14.9. The summed E-state index contributed by atoms with van der Waals surface area (Å²) in [5, 5.41) is 3.64. The third kappa shape index (κ3) is 5.80. The molecule has 4 nitrogen and oxygen atoms in total. The minimum absolute atomic E-state index is 0.155. The van der Waals surface area contributed by atoms with Crippen molar-refractivity contribution in [2.75, 3.05) is 25.0 Å². The first-order valence-electron chi connectivity index (χ1n) is 7.80. The number of hydrogen-bond acceptors (Lipinski definition) is 3. The van der Waals surface area contributed by atoms with Crippen LogP contribution in [0.15, 0.2) is 48.5 Å². The summed E-state index contributed by atoms with van der Waals surface area (Å²) < 4.78 is 0. The van der Waals surface area contributed by atoms with Crippen molar-refractivity contribution in [2.45, 2.75) is 13.0 Å². The van der Waals surface area contributed by atoms with Crippen LogP contribution >= 0.6 is 23.2 Å². The predicted molar refractivity (Wildman–Crippen MR) is 100 cm³/mol. The molecule has 0 bridgehead atoms. The molecule has 128 valence electrons. The molecule has 0 atom stereocenters. The molecule has 0 saturated carbocycles. The Morgan fingerprint density at radius 1 is 1.04 bits per heavy atom. The molecule has 0 aliphatic rings. The second kappa shape index (κ2) is 9.64. The molecule has 0 aliphatic carbocycles. The Bertz CT molecular complexity index is 644. The van der Waals surface area contributed by atoms with E-state index in [1.165, 1.54) is 0 Å². The minimum atomic E-state index is -0.155. The fourth-order valence-corrected chi connectivity index (χ4v) is 2.86. The van der Waals surface area contributed by atoms with Crippen LogP contribution < -0.4 is 11.1 Å². The Kier molecular flexibility index (Phi) is 7.53. The first-order chi connectivity index (χ1) is 11.6. The molecule has 0 radical (unpaired) electrons. The van der Waals surface area contributed by atoms with Gasteiger partial charge in [0.25, 0.3) is 0 Å². The van der Waals surface area contributed by atoms with Crippen LogP contribution in [0.2, 0.25) is 10.0 Å². The standard InChI is InChI=1S/C18H21Cl2N3O/c19-15-8-4-9-16(20)18(15)22-17(24)13-23(11-5-10-21)12-14-6-2-1-3-7-14/h1-4,6-9H,5,10-13,21H2,(H,22,24). The van der Waals surface area contributed by atoms with E-state index in [0.717, 1.165) is 18.5 Å². The third-order valence-corrected chi connectivity index (χ3v) is 4.15. The zero-order valence-electron chi connectivity index (χ0n) is 13.3. The highest BCUT2D eigenvalue weighted by atomic mass is 35.5. The van der Waals surface area contributed by atoms with Crippen molar-refractivity contribution in [1.82, 2.24) is 4.90 Å². The highest BCUT2D eigenvalue weighted by Gasteiger charge is 2.14. The maximum absolute atomic E-state index is 12.4. The quantitative estimate of drug-likeness (QED) is 0.748. The van der Waals surface area contributed by atoms with E-state index in [1.54, 1.807) is 18.2 Å². The molecule has 6 heteroatoms. The molecule has 2 aromatic rings. The lowest BCUT2D eigenvalue weighted by molar-refractivity contribution is -0.117. The Hall–Kier alpha value is -1.59. The number of nitrogens with two attached hydrogens (primary N) is 1. The van der Waals surface area contributed by atoms with E-state index in [-0.39, 0.29) is 12.5 Å². The van der Waals surface area contributed by atoms with Crippen LogP contribution in [0.3, 0.4) is 0 Å². The first-order valence-corrected chi connectivity index (χ1v) is 8.56. The lowest BCUT2D eigenvalue weighted by atomic mass is 10.2. The number of halogens is 2. The van der Waals surface area contributed by atoms with Crippen molar-refractivity contribution in [1.29, 1.82) is 0 Å². The predicted octanol–water partition coefficient (Wildman–Crippen LogP) is 3.78. The van der Waals surface area contributed by atoms with Gasteiger partial charge in [0.1, 0.15) is 0 Å². The molecule has 0 heterocycles. The molecule has 2 rings (SSSR count). The third-order valence-electron chi connectivity index (χ3n) is 3.52. The molecule has 0 aromatic heterocycles. The molecule has 0 fully saturated rings. The van der Waals surface area contributed by atoms with Crippen LogP contribution in [0.25, 0.3) is 0 Å². The fourth-order valence-electron chi connectivity index (χ4n) is 2.37. The summed E-state index contributed by atoms with van der Waals surface area (Å²) in [6.45, 7) is 2.26. The van der Waals surface area contributed by atoms with Crippen LogP contribution in [0.1, 0.15) is 12.0 Å². The number of para-hydroxylation sites is 1. The summed E-state index contributed by atoms with van der Waals surface area (Å²) >= 11 is 12.2. The van der Waals surface area contributed by atoms with Gasteiger partial charge in [0, 0.05) is 13.1 Å². The van der Waals surface area contributed by atoms with Gasteiger partial charge in [-0.25, -0.2) is 0 Å². The number of benzene rings is 2. The van der Waals surface area contributed by atoms with Gasteiger partial charge in [0.05, 0.1) is 22.3 Å². The largest absolute Gasteiger partial charge is 0.330 e. The van der Waals surface area contributed by atoms with Crippen molar-refractivity contribution >= 4 is 34.8 Å². The van der Waals surface area contributed by atoms with Crippen LogP contribution in [0, 0.1) is 0 Å². The topological polar surface area (TPSA) is 58.4 Å². The van der Waals surface area contributed by atoms with Crippen LogP contribution in [-0.4, -0.2) is 30.4 Å². The highest BCUT2D eigenvalue weighted by molar-refractivity contribution is 6.39. The van der Waals surface area contributed by atoms with Gasteiger partial charge in [-0.1, -0.05) is 59.6 Å². The number of amides is 1. The van der Waals surface area contributed by atoms with Gasteiger partial charge in [-0.2, -0.15) is 0 Å². The van der Waals surface area contributed by atoms with Gasteiger partial charge < -0.3 is 11.1 Å². The number of anilines is 1. The molecular formula is C18H21Cl2N3O. The molecule has 24 heavy (non-hydrogen) atoms. The van der Waals surface area contributed by atoms with Gasteiger partial charge in [0.15, 0.2) is 0 Å². The smallest absolute Gasteiger partial charge is 0.238 e. The average molecular weight is 366 g/mol. The Balaban J connectivity index is 2.01. The lowest BCUT2D eigenvalue weighted by Crippen LogP contribution is -2.34.